The first-order chi connectivity index (χ1) is 15.5. The van der Waals surface area contributed by atoms with E-state index < -0.39 is 17.7 Å². The molecule has 3 heterocycles. The van der Waals surface area contributed by atoms with Crippen LogP contribution >= 0.6 is 0 Å². The zero-order valence-electron chi connectivity index (χ0n) is 18.4. The maximum atomic E-state index is 13.0. The molecule has 0 saturated carbocycles. The maximum Gasteiger partial charge on any atom is 0.295 e. The summed E-state index contributed by atoms with van der Waals surface area (Å²) in [6.45, 7) is 6.10. The van der Waals surface area contributed by atoms with Crippen molar-refractivity contribution in [1.82, 2.24) is 9.80 Å². The molecule has 0 bridgehead atoms. The lowest BCUT2D eigenvalue weighted by molar-refractivity contribution is -0.140. The van der Waals surface area contributed by atoms with Crippen molar-refractivity contribution in [3.63, 3.8) is 0 Å². The average Bonchev–Trinajstić information content (AvgIpc) is 3.35. The third-order valence-electron chi connectivity index (χ3n) is 5.89. The monoisotopic (exact) mass is 440 g/mol. The fourth-order valence-corrected chi connectivity index (χ4v) is 4.22. The number of morpholine rings is 1. The molecule has 8 nitrogen and oxygen atoms in total. The standard InChI is InChI=1S/C24H28N2O6/c1-16-7-8-19(32-16)21-20(22(27)17-5-3-6-18(15-17)30-2)23(28)24(29)26(21)10-4-9-25-11-13-31-14-12-25/h3,5-8,15,21,27H,4,9-14H2,1-2H3/t21-/m1/s1. The molecule has 0 radical (unpaired) electrons. The first-order valence-corrected chi connectivity index (χ1v) is 10.8. The largest absolute Gasteiger partial charge is 0.507 e. The zero-order valence-corrected chi connectivity index (χ0v) is 18.4. The predicted octanol–water partition coefficient (Wildman–Crippen LogP) is 2.74. The highest BCUT2D eigenvalue weighted by Crippen LogP contribution is 2.40. The third-order valence-corrected chi connectivity index (χ3v) is 5.89. The van der Waals surface area contributed by atoms with E-state index in [-0.39, 0.29) is 11.3 Å². The van der Waals surface area contributed by atoms with Crippen molar-refractivity contribution >= 4 is 17.4 Å². The number of carbonyl (C=O) groups is 2. The lowest BCUT2D eigenvalue weighted by atomic mass is 9.99. The number of carbonyl (C=O) groups excluding carboxylic acids is 2. The van der Waals surface area contributed by atoms with Crippen molar-refractivity contribution in [3.8, 4) is 5.75 Å². The lowest BCUT2D eigenvalue weighted by Gasteiger charge is -2.28. The molecule has 1 N–H and O–H groups in total. The summed E-state index contributed by atoms with van der Waals surface area (Å²) < 4.78 is 16.4. The summed E-state index contributed by atoms with van der Waals surface area (Å²) >= 11 is 0. The van der Waals surface area contributed by atoms with E-state index in [2.05, 4.69) is 4.90 Å². The second kappa shape index (κ2) is 9.58. The van der Waals surface area contributed by atoms with E-state index in [9.17, 15) is 14.7 Å². The van der Waals surface area contributed by atoms with E-state index in [0.717, 1.165) is 19.6 Å². The predicted molar refractivity (Wildman–Crippen MR) is 117 cm³/mol. The van der Waals surface area contributed by atoms with E-state index in [4.69, 9.17) is 13.9 Å². The number of hydrogen-bond donors (Lipinski definition) is 1. The molecule has 1 aromatic heterocycles. The molecule has 1 atom stereocenters. The summed E-state index contributed by atoms with van der Waals surface area (Å²) in [6, 6.07) is 9.53. The Morgan fingerprint density at radius 3 is 2.62 bits per heavy atom. The van der Waals surface area contributed by atoms with Gasteiger partial charge >= 0.3 is 0 Å². The van der Waals surface area contributed by atoms with Crippen LogP contribution in [0.3, 0.4) is 0 Å². The van der Waals surface area contributed by atoms with Crippen molar-refractivity contribution < 1.29 is 28.6 Å². The Hall–Kier alpha value is -3.10. The Morgan fingerprint density at radius 1 is 1.16 bits per heavy atom. The van der Waals surface area contributed by atoms with Crippen LogP contribution in [0.15, 0.2) is 46.4 Å². The molecule has 4 rings (SSSR count). The van der Waals surface area contributed by atoms with Crippen molar-refractivity contribution in [2.75, 3.05) is 46.5 Å². The number of hydrogen-bond acceptors (Lipinski definition) is 7. The van der Waals surface area contributed by atoms with Gasteiger partial charge in [0.05, 0.1) is 25.9 Å². The van der Waals surface area contributed by atoms with Crippen molar-refractivity contribution in [2.45, 2.75) is 19.4 Å². The number of aliphatic hydroxyl groups excluding tert-OH is 1. The molecule has 8 heteroatoms. The SMILES string of the molecule is COc1cccc(C(O)=C2C(=O)C(=O)N(CCCN3CCOCC3)[C@@H]2c2ccc(C)o2)c1. The summed E-state index contributed by atoms with van der Waals surface area (Å²) in [5.74, 6) is 0.0835. The van der Waals surface area contributed by atoms with Gasteiger partial charge in [-0.1, -0.05) is 12.1 Å². The summed E-state index contributed by atoms with van der Waals surface area (Å²) in [7, 11) is 1.53. The van der Waals surface area contributed by atoms with Gasteiger partial charge in [0.25, 0.3) is 11.7 Å². The first-order valence-electron chi connectivity index (χ1n) is 10.8. The van der Waals surface area contributed by atoms with Crippen LogP contribution in [0.1, 0.15) is 29.5 Å². The summed E-state index contributed by atoms with van der Waals surface area (Å²) in [5.41, 5.74) is 0.438. The van der Waals surface area contributed by atoms with Gasteiger partial charge in [0.1, 0.15) is 29.1 Å². The van der Waals surface area contributed by atoms with Crippen LogP contribution in [0.25, 0.3) is 5.76 Å². The number of nitrogens with zero attached hydrogens (tertiary/aromatic N) is 2. The minimum Gasteiger partial charge on any atom is -0.507 e. The van der Waals surface area contributed by atoms with E-state index >= 15 is 0 Å². The van der Waals surface area contributed by atoms with Gasteiger partial charge in [-0.25, -0.2) is 0 Å². The number of likely N-dealkylation sites (tertiary alicyclic amines) is 1. The van der Waals surface area contributed by atoms with Crippen LogP contribution in [-0.2, 0) is 14.3 Å². The lowest BCUT2D eigenvalue weighted by Crippen LogP contribution is -2.38. The van der Waals surface area contributed by atoms with Gasteiger partial charge in [0, 0.05) is 31.7 Å². The van der Waals surface area contributed by atoms with Gasteiger partial charge in [-0.3, -0.25) is 14.5 Å². The van der Waals surface area contributed by atoms with Gasteiger partial charge in [-0.05, 0) is 37.6 Å². The molecule has 2 aliphatic rings. The molecule has 2 aromatic rings. The highest BCUT2D eigenvalue weighted by Gasteiger charge is 2.47. The zero-order chi connectivity index (χ0) is 22.7. The fraction of sp³-hybridized carbons (Fsp3) is 0.417. The quantitative estimate of drug-likeness (QED) is 0.402. The molecule has 2 fully saturated rings. The number of furan rings is 1. The number of amides is 1. The smallest absolute Gasteiger partial charge is 0.295 e. The minimum atomic E-state index is -0.778. The second-order valence-corrected chi connectivity index (χ2v) is 7.98. The third kappa shape index (κ3) is 4.42. The number of aliphatic hydroxyl groups is 1. The summed E-state index contributed by atoms with van der Waals surface area (Å²) in [5, 5.41) is 11.1. The maximum absolute atomic E-state index is 13.0. The Kier molecular flexibility index (Phi) is 6.62. The number of benzene rings is 1. The van der Waals surface area contributed by atoms with Crippen molar-refractivity contribution in [2.24, 2.45) is 0 Å². The van der Waals surface area contributed by atoms with Gasteiger partial charge in [-0.2, -0.15) is 0 Å². The van der Waals surface area contributed by atoms with Crippen LogP contribution in [0.4, 0.5) is 0 Å². The van der Waals surface area contributed by atoms with Gasteiger partial charge < -0.3 is 23.9 Å². The van der Waals surface area contributed by atoms with E-state index in [1.165, 1.54) is 12.0 Å². The molecule has 0 aliphatic carbocycles. The topological polar surface area (TPSA) is 92.5 Å². The fourth-order valence-electron chi connectivity index (χ4n) is 4.22. The van der Waals surface area contributed by atoms with E-state index in [1.807, 2.05) is 0 Å². The van der Waals surface area contributed by atoms with E-state index in [0.29, 0.717) is 49.0 Å². The van der Waals surface area contributed by atoms with Gasteiger partial charge in [-0.15, -0.1) is 0 Å². The van der Waals surface area contributed by atoms with Crippen molar-refractivity contribution in [1.29, 1.82) is 0 Å². The molecule has 1 aromatic carbocycles. The molecular formula is C24H28N2O6. The summed E-state index contributed by atoms with van der Waals surface area (Å²) in [6.07, 6.45) is 0.697. The highest BCUT2D eigenvalue weighted by atomic mass is 16.5. The number of methoxy groups -OCH3 is 1. The molecule has 2 aliphatic heterocycles. The normalized spacial score (nSPS) is 21.3. The Labute approximate surface area is 187 Å². The number of aryl methyl sites for hydroxylation is 1. The number of Topliss-reactive ketones (excluding diaryl/α,β-unsaturated/α-hetero) is 1. The van der Waals surface area contributed by atoms with E-state index in [1.54, 1.807) is 43.3 Å². The second-order valence-electron chi connectivity index (χ2n) is 7.98. The van der Waals surface area contributed by atoms with Crippen LogP contribution in [0.2, 0.25) is 0 Å². The first kappa shape index (κ1) is 22.1. The van der Waals surface area contributed by atoms with Crippen LogP contribution in [0.5, 0.6) is 5.75 Å². The Bertz CT molecular complexity index is 1020. The summed E-state index contributed by atoms with van der Waals surface area (Å²) in [4.78, 5) is 29.8. The average molecular weight is 440 g/mol. The molecule has 0 spiro atoms. The van der Waals surface area contributed by atoms with Gasteiger partial charge in [0.15, 0.2) is 0 Å². The molecule has 32 heavy (non-hydrogen) atoms. The number of rotatable bonds is 7. The molecule has 2 saturated heterocycles. The molecule has 0 unspecified atom stereocenters. The van der Waals surface area contributed by atoms with Crippen LogP contribution in [0, 0.1) is 6.92 Å². The molecule has 1 amide bonds. The number of ether oxygens (including phenoxy) is 2. The molecule has 170 valence electrons. The van der Waals surface area contributed by atoms with Crippen molar-refractivity contribution in [3.05, 3.63) is 59.1 Å². The van der Waals surface area contributed by atoms with Crippen LogP contribution in [-0.4, -0.2) is 73.1 Å². The number of ketones is 1. The van der Waals surface area contributed by atoms with Gasteiger partial charge in [0.2, 0.25) is 0 Å². The Morgan fingerprint density at radius 2 is 1.94 bits per heavy atom. The Balaban J connectivity index is 1.65. The molecular weight excluding hydrogens is 412 g/mol. The minimum absolute atomic E-state index is 0.0315. The highest BCUT2D eigenvalue weighted by molar-refractivity contribution is 6.46. The van der Waals surface area contributed by atoms with Crippen LogP contribution < -0.4 is 4.74 Å².